The Balaban J connectivity index is 2.50. The van der Waals surface area contributed by atoms with Gasteiger partial charge in [0.15, 0.2) is 0 Å². The SMILES string of the molecule is CCC(CC)N(C)C(=O)c1cnc(NN)c2ccccc12. The van der Waals surface area contributed by atoms with Gasteiger partial charge in [-0.15, -0.1) is 0 Å². The summed E-state index contributed by atoms with van der Waals surface area (Å²) in [7, 11) is 1.85. The van der Waals surface area contributed by atoms with E-state index in [1.54, 1.807) is 11.1 Å². The molecule has 0 bridgehead atoms. The van der Waals surface area contributed by atoms with E-state index in [9.17, 15) is 4.79 Å². The Labute approximate surface area is 125 Å². The van der Waals surface area contributed by atoms with Gasteiger partial charge in [-0.3, -0.25) is 4.79 Å². The van der Waals surface area contributed by atoms with E-state index in [1.807, 2.05) is 31.3 Å². The fourth-order valence-corrected chi connectivity index (χ4v) is 2.67. The monoisotopic (exact) mass is 286 g/mol. The minimum atomic E-state index is -0.00373. The van der Waals surface area contributed by atoms with Gasteiger partial charge in [0.25, 0.3) is 5.91 Å². The maximum atomic E-state index is 12.8. The molecule has 5 heteroatoms. The van der Waals surface area contributed by atoms with Crippen LogP contribution in [0.3, 0.4) is 0 Å². The highest BCUT2D eigenvalue weighted by Crippen LogP contribution is 2.25. The third-order valence-electron chi connectivity index (χ3n) is 3.97. The smallest absolute Gasteiger partial charge is 0.256 e. The maximum Gasteiger partial charge on any atom is 0.256 e. The summed E-state index contributed by atoms with van der Waals surface area (Å²) in [6.45, 7) is 4.19. The molecule has 1 aromatic heterocycles. The molecule has 1 aromatic carbocycles. The zero-order valence-corrected chi connectivity index (χ0v) is 12.8. The van der Waals surface area contributed by atoms with Crippen LogP contribution in [0, 0.1) is 0 Å². The molecule has 0 spiro atoms. The molecule has 112 valence electrons. The summed E-state index contributed by atoms with van der Waals surface area (Å²) >= 11 is 0. The molecule has 0 fully saturated rings. The van der Waals surface area contributed by atoms with Crippen LogP contribution < -0.4 is 11.3 Å². The fourth-order valence-electron chi connectivity index (χ4n) is 2.67. The van der Waals surface area contributed by atoms with Gasteiger partial charge in [0, 0.05) is 24.7 Å². The second kappa shape index (κ2) is 6.54. The van der Waals surface area contributed by atoms with E-state index in [2.05, 4.69) is 24.3 Å². The van der Waals surface area contributed by atoms with Gasteiger partial charge in [-0.05, 0) is 18.2 Å². The summed E-state index contributed by atoms with van der Waals surface area (Å²) in [4.78, 5) is 18.8. The lowest BCUT2D eigenvalue weighted by Gasteiger charge is -2.26. The van der Waals surface area contributed by atoms with Gasteiger partial charge in [0.1, 0.15) is 5.82 Å². The van der Waals surface area contributed by atoms with Gasteiger partial charge in [-0.2, -0.15) is 0 Å². The van der Waals surface area contributed by atoms with Crippen LogP contribution >= 0.6 is 0 Å². The van der Waals surface area contributed by atoms with Gasteiger partial charge < -0.3 is 10.3 Å². The number of carbonyl (C=O) groups is 1. The number of aromatic nitrogens is 1. The highest BCUT2D eigenvalue weighted by molar-refractivity contribution is 6.09. The summed E-state index contributed by atoms with van der Waals surface area (Å²) in [6.07, 6.45) is 3.47. The number of amides is 1. The first kappa shape index (κ1) is 15.3. The molecule has 0 saturated heterocycles. The molecular weight excluding hydrogens is 264 g/mol. The predicted molar refractivity (Wildman–Crippen MR) is 86.0 cm³/mol. The van der Waals surface area contributed by atoms with Crippen molar-refractivity contribution in [2.45, 2.75) is 32.7 Å². The van der Waals surface area contributed by atoms with E-state index in [1.165, 1.54) is 0 Å². The number of nitrogen functional groups attached to an aromatic ring is 1. The number of hydrogen-bond acceptors (Lipinski definition) is 4. The molecule has 21 heavy (non-hydrogen) atoms. The summed E-state index contributed by atoms with van der Waals surface area (Å²) in [5, 5.41) is 1.71. The number of carbonyl (C=O) groups excluding carboxylic acids is 1. The summed E-state index contributed by atoms with van der Waals surface area (Å²) in [5.74, 6) is 6.06. The highest BCUT2D eigenvalue weighted by atomic mass is 16.2. The van der Waals surface area contributed by atoms with Crippen LogP contribution in [0.5, 0.6) is 0 Å². The second-order valence-corrected chi connectivity index (χ2v) is 5.10. The first-order valence-electron chi connectivity index (χ1n) is 7.25. The van der Waals surface area contributed by atoms with Crippen molar-refractivity contribution in [3.63, 3.8) is 0 Å². The first-order chi connectivity index (χ1) is 10.1. The Hall–Kier alpha value is -2.14. The first-order valence-corrected chi connectivity index (χ1v) is 7.25. The molecule has 0 radical (unpaired) electrons. The van der Waals surface area contributed by atoms with E-state index in [4.69, 9.17) is 5.84 Å². The topological polar surface area (TPSA) is 71.2 Å². The average Bonchev–Trinajstić information content (AvgIpc) is 2.54. The van der Waals surface area contributed by atoms with Crippen LogP contribution in [-0.2, 0) is 0 Å². The van der Waals surface area contributed by atoms with Crippen LogP contribution in [0.2, 0.25) is 0 Å². The van der Waals surface area contributed by atoms with Crippen LogP contribution in [0.1, 0.15) is 37.0 Å². The quantitative estimate of drug-likeness (QED) is 0.655. The summed E-state index contributed by atoms with van der Waals surface area (Å²) in [5.41, 5.74) is 3.18. The van der Waals surface area contributed by atoms with Crippen molar-refractivity contribution in [1.29, 1.82) is 0 Å². The fraction of sp³-hybridized carbons (Fsp3) is 0.375. The normalized spacial score (nSPS) is 10.9. The van der Waals surface area contributed by atoms with Crippen molar-refractivity contribution in [1.82, 2.24) is 9.88 Å². The van der Waals surface area contributed by atoms with Crippen molar-refractivity contribution < 1.29 is 4.79 Å². The predicted octanol–water partition coefficient (Wildman–Crippen LogP) is 2.78. The Kier molecular flexibility index (Phi) is 4.75. The van der Waals surface area contributed by atoms with Crippen molar-refractivity contribution in [2.75, 3.05) is 12.5 Å². The molecule has 0 aliphatic heterocycles. The average molecular weight is 286 g/mol. The van der Waals surface area contributed by atoms with E-state index in [-0.39, 0.29) is 11.9 Å². The van der Waals surface area contributed by atoms with Gasteiger partial charge in [-0.25, -0.2) is 10.8 Å². The molecule has 5 nitrogen and oxygen atoms in total. The number of nitrogens with zero attached hydrogens (tertiary/aromatic N) is 2. The Morgan fingerprint density at radius 3 is 2.48 bits per heavy atom. The number of nitrogens with two attached hydrogens (primary N) is 1. The van der Waals surface area contributed by atoms with Crippen molar-refractivity contribution >= 4 is 22.5 Å². The molecule has 1 heterocycles. The molecule has 2 aromatic rings. The van der Waals surface area contributed by atoms with Gasteiger partial charge in [-0.1, -0.05) is 38.1 Å². The molecule has 0 saturated carbocycles. The Morgan fingerprint density at radius 1 is 1.29 bits per heavy atom. The largest absolute Gasteiger partial charge is 0.339 e. The van der Waals surface area contributed by atoms with Crippen LogP contribution in [-0.4, -0.2) is 28.9 Å². The molecule has 0 unspecified atom stereocenters. The van der Waals surface area contributed by atoms with E-state index >= 15 is 0 Å². The second-order valence-electron chi connectivity index (χ2n) is 5.10. The molecule has 0 atom stereocenters. The summed E-state index contributed by atoms with van der Waals surface area (Å²) in [6, 6.07) is 7.89. The lowest BCUT2D eigenvalue weighted by molar-refractivity contribution is 0.0725. The maximum absolute atomic E-state index is 12.8. The number of nitrogens with one attached hydrogen (secondary N) is 1. The molecular formula is C16H22N4O. The number of anilines is 1. The number of fused-ring (bicyclic) bond motifs is 1. The number of hydrazine groups is 1. The molecule has 3 N–H and O–H groups in total. The minimum Gasteiger partial charge on any atom is -0.339 e. The number of benzene rings is 1. The lowest BCUT2D eigenvalue weighted by atomic mass is 10.0. The van der Waals surface area contributed by atoms with Gasteiger partial charge in [0.2, 0.25) is 0 Å². The van der Waals surface area contributed by atoms with Crippen molar-refractivity contribution in [3.8, 4) is 0 Å². The minimum absolute atomic E-state index is 0.00373. The standard InChI is InChI=1S/C16H22N4O/c1-4-11(5-2)20(3)16(21)14-10-18-15(19-17)13-9-7-6-8-12(13)14/h6-11H,4-5,17H2,1-3H3,(H,18,19). The number of hydrogen-bond donors (Lipinski definition) is 2. The molecule has 0 aliphatic carbocycles. The lowest BCUT2D eigenvalue weighted by Crippen LogP contribution is -2.36. The van der Waals surface area contributed by atoms with Crippen LogP contribution in [0.15, 0.2) is 30.5 Å². The third kappa shape index (κ3) is 2.83. The van der Waals surface area contributed by atoms with E-state index < -0.39 is 0 Å². The van der Waals surface area contributed by atoms with Crippen LogP contribution in [0.25, 0.3) is 10.8 Å². The number of rotatable bonds is 5. The van der Waals surface area contributed by atoms with Crippen molar-refractivity contribution in [3.05, 3.63) is 36.0 Å². The molecule has 1 amide bonds. The zero-order chi connectivity index (χ0) is 15.4. The highest BCUT2D eigenvalue weighted by Gasteiger charge is 2.21. The van der Waals surface area contributed by atoms with Crippen LogP contribution in [0.4, 0.5) is 5.82 Å². The zero-order valence-electron chi connectivity index (χ0n) is 12.8. The Bertz CT molecular complexity index is 637. The van der Waals surface area contributed by atoms with Crippen molar-refractivity contribution in [2.24, 2.45) is 5.84 Å². The van der Waals surface area contributed by atoms with E-state index in [0.717, 1.165) is 23.6 Å². The van der Waals surface area contributed by atoms with Gasteiger partial charge in [0.05, 0.1) is 5.56 Å². The van der Waals surface area contributed by atoms with E-state index in [0.29, 0.717) is 11.4 Å². The Morgan fingerprint density at radius 2 is 1.90 bits per heavy atom. The molecule has 0 aliphatic rings. The molecule has 2 rings (SSSR count). The third-order valence-corrected chi connectivity index (χ3v) is 3.97. The summed E-state index contributed by atoms with van der Waals surface area (Å²) < 4.78 is 0. The number of pyridine rings is 1. The van der Waals surface area contributed by atoms with Gasteiger partial charge >= 0.3 is 0 Å².